The number of hydrogen-bond acceptors (Lipinski definition) is 6. The number of nitrogens with zero attached hydrogens (tertiary/aromatic N) is 2. The van der Waals surface area contributed by atoms with Crippen LogP contribution in [0.5, 0.6) is 5.75 Å². The van der Waals surface area contributed by atoms with E-state index in [4.69, 9.17) is 13.9 Å². The highest BCUT2D eigenvalue weighted by Crippen LogP contribution is 2.39. The van der Waals surface area contributed by atoms with Crippen LogP contribution in [-0.2, 0) is 4.74 Å². The first-order chi connectivity index (χ1) is 16.5. The molecule has 0 aliphatic carbocycles. The molecule has 34 heavy (non-hydrogen) atoms. The topological polar surface area (TPSA) is 72.2 Å². The predicted molar refractivity (Wildman–Crippen MR) is 130 cm³/mol. The minimum absolute atomic E-state index is 0.126. The molecule has 1 atom stereocenters. The molecule has 178 valence electrons. The highest BCUT2D eigenvalue weighted by molar-refractivity contribution is 5.99. The third kappa shape index (κ3) is 3.99. The van der Waals surface area contributed by atoms with Crippen LogP contribution in [0, 0.1) is 13.8 Å². The summed E-state index contributed by atoms with van der Waals surface area (Å²) < 4.78 is 16.9. The molecule has 0 bridgehead atoms. The lowest BCUT2D eigenvalue weighted by Gasteiger charge is -2.29. The molecule has 0 radical (unpaired) electrons. The summed E-state index contributed by atoms with van der Waals surface area (Å²) in [7, 11) is 1.62. The van der Waals surface area contributed by atoms with Gasteiger partial charge >= 0.3 is 0 Å². The van der Waals surface area contributed by atoms with Crippen molar-refractivity contribution in [2.24, 2.45) is 0 Å². The van der Waals surface area contributed by atoms with Crippen LogP contribution in [0.1, 0.15) is 45.3 Å². The van der Waals surface area contributed by atoms with Gasteiger partial charge < -0.3 is 18.8 Å². The quantitative estimate of drug-likeness (QED) is 0.557. The monoisotopic (exact) mass is 462 g/mol. The van der Waals surface area contributed by atoms with Gasteiger partial charge in [0.1, 0.15) is 11.3 Å². The Morgan fingerprint density at radius 1 is 1.03 bits per heavy atom. The third-order valence-electron chi connectivity index (χ3n) is 6.82. The molecule has 7 heteroatoms. The van der Waals surface area contributed by atoms with E-state index >= 15 is 0 Å². The number of morpholine rings is 1. The summed E-state index contributed by atoms with van der Waals surface area (Å²) in [6.45, 7) is 8.57. The smallest absolute Gasteiger partial charge is 0.290 e. The number of carbonyl (C=O) groups excluding carboxylic acids is 1. The molecule has 2 aromatic carbocycles. The molecule has 0 saturated carbocycles. The molecular formula is C27H30N2O5. The minimum atomic E-state index is -0.487. The van der Waals surface area contributed by atoms with E-state index in [0.717, 1.165) is 61.7 Å². The predicted octanol–water partition coefficient (Wildman–Crippen LogP) is 3.69. The molecule has 0 N–H and O–H groups in total. The summed E-state index contributed by atoms with van der Waals surface area (Å²) in [6.07, 6.45) is 0.804. The lowest BCUT2D eigenvalue weighted by Crippen LogP contribution is -2.38. The highest BCUT2D eigenvalue weighted by atomic mass is 16.5. The Balaban J connectivity index is 1.56. The van der Waals surface area contributed by atoms with Crippen molar-refractivity contribution < 1.29 is 18.7 Å². The van der Waals surface area contributed by atoms with Crippen LogP contribution in [0.4, 0.5) is 0 Å². The van der Waals surface area contributed by atoms with Gasteiger partial charge in [-0.2, -0.15) is 0 Å². The molecule has 5 rings (SSSR count). The number of carbonyl (C=O) groups is 1. The molecule has 7 nitrogen and oxygen atoms in total. The number of hydrogen-bond donors (Lipinski definition) is 0. The van der Waals surface area contributed by atoms with Gasteiger partial charge in [-0.3, -0.25) is 14.5 Å². The maximum atomic E-state index is 13.8. The van der Waals surface area contributed by atoms with Crippen LogP contribution in [0.15, 0.2) is 45.6 Å². The Morgan fingerprint density at radius 2 is 1.76 bits per heavy atom. The van der Waals surface area contributed by atoms with Gasteiger partial charge in [0.2, 0.25) is 5.76 Å². The zero-order chi connectivity index (χ0) is 23.8. The second-order valence-corrected chi connectivity index (χ2v) is 9.11. The summed E-state index contributed by atoms with van der Waals surface area (Å²) in [6, 6.07) is 10.9. The fraction of sp³-hybridized carbons (Fsp3) is 0.407. The van der Waals surface area contributed by atoms with Crippen molar-refractivity contribution in [3.8, 4) is 5.75 Å². The third-order valence-corrected chi connectivity index (χ3v) is 6.82. The summed E-state index contributed by atoms with van der Waals surface area (Å²) in [5.41, 5.74) is 3.50. The fourth-order valence-electron chi connectivity index (χ4n) is 5.17. The molecule has 0 spiro atoms. The van der Waals surface area contributed by atoms with Gasteiger partial charge in [-0.15, -0.1) is 0 Å². The number of fused-ring (bicyclic) bond motifs is 2. The lowest BCUT2D eigenvalue weighted by atomic mass is 9.96. The molecule has 1 unspecified atom stereocenters. The molecule has 1 amide bonds. The van der Waals surface area contributed by atoms with E-state index < -0.39 is 6.04 Å². The van der Waals surface area contributed by atoms with E-state index in [1.165, 1.54) is 0 Å². The molecule has 1 saturated heterocycles. The van der Waals surface area contributed by atoms with Crippen molar-refractivity contribution in [3.05, 3.63) is 74.6 Å². The first kappa shape index (κ1) is 22.6. The summed E-state index contributed by atoms with van der Waals surface area (Å²) >= 11 is 0. The van der Waals surface area contributed by atoms with Crippen molar-refractivity contribution >= 4 is 16.9 Å². The number of methoxy groups -OCH3 is 1. The van der Waals surface area contributed by atoms with Crippen molar-refractivity contribution in [2.75, 3.05) is 46.5 Å². The first-order valence-electron chi connectivity index (χ1n) is 11.8. The number of ether oxygens (including phenoxy) is 2. The van der Waals surface area contributed by atoms with Gasteiger partial charge in [0, 0.05) is 26.2 Å². The van der Waals surface area contributed by atoms with Crippen molar-refractivity contribution in [2.45, 2.75) is 26.3 Å². The normalized spacial score (nSPS) is 18.5. The molecule has 2 aliphatic heterocycles. The van der Waals surface area contributed by atoms with Gasteiger partial charge in [0.05, 0.1) is 37.3 Å². The van der Waals surface area contributed by atoms with Crippen LogP contribution in [0.3, 0.4) is 0 Å². The van der Waals surface area contributed by atoms with Crippen LogP contribution in [0.2, 0.25) is 0 Å². The maximum absolute atomic E-state index is 13.8. The fourth-order valence-corrected chi connectivity index (χ4v) is 5.17. The van der Waals surface area contributed by atoms with Crippen LogP contribution >= 0.6 is 0 Å². The number of rotatable bonds is 6. The van der Waals surface area contributed by atoms with Crippen molar-refractivity contribution in [1.82, 2.24) is 9.80 Å². The van der Waals surface area contributed by atoms with Gasteiger partial charge in [-0.05, 0) is 55.2 Å². The Kier molecular flexibility index (Phi) is 6.15. The van der Waals surface area contributed by atoms with E-state index in [-0.39, 0.29) is 17.1 Å². The van der Waals surface area contributed by atoms with Gasteiger partial charge in [0.25, 0.3) is 5.91 Å². The van der Waals surface area contributed by atoms with Gasteiger partial charge in [-0.1, -0.05) is 18.2 Å². The Labute approximate surface area is 198 Å². The summed E-state index contributed by atoms with van der Waals surface area (Å²) in [4.78, 5) is 31.5. The Bertz CT molecular complexity index is 1270. The van der Waals surface area contributed by atoms with Crippen LogP contribution in [-0.4, -0.2) is 62.2 Å². The second kappa shape index (κ2) is 9.24. The van der Waals surface area contributed by atoms with Crippen LogP contribution in [0.25, 0.3) is 11.0 Å². The molecule has 3 aromatic rings. The van der Waals surface area contributed by atoms with E-state index in [9.17, 15) is 9.59 Å². The summed E-state index contributed by atoms with van der Waals surface area (Å²) in [5.74, 6) is 0.662. The largest absolute Gasteiger partial charge is 0.497 e. The number of aryl methyl sites for hydroxylation is 2. The summed E-state index contributed by atoms with van der Waals surface area (Å²) in [5, 5.41) is 0.547. The maximum Gasteiger partial charge on any atom is 0.290 e. The standard InChI is InChI=1S/C27H30N2O5/c1-17-15-18(2)22-21(16-17)34-26-23(25(22)30)24(19-5-7-20(32-3)8-6-19)29(27(26)31)10-4-9-28-11-13-33-14-12-28/h5-8,15-16,24H,4,9-14H2,1-3H3. The average molecular weight is 463 g/mol. The average Bonchev–Trinajstić information content (AvgIpc) is 3.11. The van der Waals surface area contributed by atoms with E-state index in [1.54, 1.807) is 12.0 Å². The molecule has 2 aliphatic rings. The van der Waals surface area contributed by atoms with E-state index in [2.05, 4.69) is 4.90 Å². The van der Waals surface area contributed by atoms with E-state index in [0.29, 0.717) is 23.1 Å². The van der Waals surface area contributed by atoms with Crippen molar-refractivity contribution in [1.29, 1.82) is 0 Å². The number of benzene rings is 2. The zero-order valence-electron chi connectivity index (χ0n) is 19.9. The second-order valence-electron chi connectivity index (χ2n) is 9.11. The molecule has 1 aromatic heterocycles. The lowest BCUT2D eigenvalue weighted by molar-refractivity contribution is 0.0353. The zero-order valence-corrected chi connectivity index (χ0v) is 19.9. The molecular weight excluding hydrogens is 432 g/mol. The highest BCUT2D eigenvalue weighted by Gasteiger charge is 2.42. The molecule has 1 fully saturated rings. The van der Waals surface area contributed by atoms with Crippen molar-refractivity contribution in [3.63, 3.8) is 0 Å². The van der Waals surface area contributed by atoms with Crippen LogP contribution < -0.4 is 10.2 Å². The Morgan fingerprint density at radius 3 is 2.47 bits per heavy atom. The SMILES string of the molecule is COc1ccc(C2c3c(oc4cc(C)cc(C)c4c3=O)C(=O)N2CCCN2CCOCC2)cc1. The van der Waals surface area contributed by atoms with E-state index in [1.807, 2.05) is 50.2 Å². The number of amides is 1. The molecule has 3 heterocycles. The Hall–Kier alpha value is -3.16. The first-order valence-corrected chi connectivity index (χ1v) is 11.8. The van der Waals surface area contributed by atoms with Gasteiger partial charge in [-0.25, -0.2) is 0 Å². The van der Waals surface area contributed by atoms with Gasteiger partial charge in [0.15, 0.2) is 5.43 Å². The minimum Gasteiger partial charge on any atom is -0.497 e.